The SMILES string of the molecule is Cc1nc(N2CCN(C)CC2)sc1C(C)O. The highest BCUT2D eigenvalue weighted by atomic mass is 32.1. The maximum Gasteiger partial charge on any atom is 0.185 e. The number of anilines is 1. The molecule has 1 aliphatic heterocycles. The van der Waals surface area contributed by atoms with Crippen LogP contribution >= 0.6 is 11.3 Å². The van der Waals surface area contributed by atoms with Gasteiger partial charge < -0.3 is 14.9 Å². The zero-order valence-electron chi connectivity index (χ0n) is 10.1. The number of aliphatic hydroxyl groups is 1. The van der Waals surface area contributed by atoms with Gasteiger partial charge in [-0.1, -0.05) is 11.3 Å². The molecule has 1 atom stereocenters. The molecule has 1 N–H and O–H groups in total. The molecule has 1 aliphatic rings. The molecule has 0 spiro atoms. The summed E-state index contributed by atoms with van der Waals surface area (Å²) in [5, 5.41) is 10.7. The van der Waals surface area contributed by atoms with Crippen molar-refractivity contribution in [2.75, 3.05) is 38.1 Å². The Hall–Kier alpha value is -0.650. The lowest BCUT2D eigenvalue weighted by Crippen LogP contribution is -2.44. The molecule has 2 rings (SSSR count). The van der Waals surface area contributed by atoms with E-state index >= 15 is 0 Å². The number of aliphatic hydroxyl groups excluding tert-OH is 1. The van der Waals surface area contributed by atoms with Gasteiger partial charge in [-0.05, 0) is 20.9 Å². The largest absolute Gasteiger partial charge is 0.388 e. The molecule has 0 aliphatic carbocycles. The smallest absolute Gasteiger partial charge is 0.185 e. The van der Waals surface area contributed by atoms with Crippen molar-refractivity contribution in [3.8, 4) is 0 Å². The molecule has 16 heavy (non-hydrogen) atoms. The van der Waals surface area contributed by atoms with Crippen LogP contribution in [0.1, 0.15) is 23.6 Å². The molecule has 0 aromatic carbocycles. The van der Waals surface area contributed by atoms with Crippen molar-refractivity contribution in [1.82, 2.24) is 9.88 Å². The molecule has 0 amide bonds. The Bertz CT molecular complexity index is 356. The minimum absolute atomic E-state index is 0.404. The molecular weight excluding hydrogens is 222 g/mol. The Morgan fingerprint density at radius 1 is 1.31 bits per heavy atom. The fourth-order valence-corrected chi connectivity index (χ4v) is 2.97. The zero-order chi connectivity index (χ0) is 11.7. The lowest BCUT2D eigenvalue weighted by molar-refractivity contribution is 0.202. The van der Waals surface area contributed by atoms with Crippen LogP contribution in [-0.2, 0) is 0 Å². The van der Waals surface area contributed by atoms with Crippen LogP contribution in [0.5, 0.6) is 0 Å². The van der Waals surface area contributed by atoms with Gasteiger partial charge in [0.1, 0.15) is 0 Å². The number of hydrogen-bond donors (Lipinski definition) is 1. The second-order valence-electron chi connectivity index (χ2n) is 4.41. The van der Waals surface area contributed by atoms with Crippen molar-refractivity contribution in [2.45, 2.75) is 20.0 Å². The van der Waals surface area contributed by atoms with Crippen LogP contribution in [0.2, 0.25) is 0 Å². The maximum atomic E-state index is 9.60. The highest BCUT2D eigenvalue weighted by Gasteiger charge is 2.19. The number of aromatic nitrogens is 1. The summed E-state index contributed by atoms with van der Waals surface area (Å²) in [5.74, 6) is 0. The van der Waals surface area contributed by atoms with Gasteiger partial charge in [-0.25, -0.2) is 4.98 Å². The average molecular weight is 241 g/mol. The molecule has 90 valence electrons. The van der Waals surface area contributed by atoms with E-state index in [0.29, 0.717) is 0 Å². The van der Waals surface area contributed by atoms with Crippen LogP contribution in [0.15, 0.2) is 0 Å². The van der Waals surface area contributed by atoms with Crippen LogP contribution in [0.25, 0.3) is 0 Å². The van der Waals surface area contributed by atoms with Gasteiger partial charge >= 0.3 is 0 Å². The maximum absolute atomic E-state index is 9.60. The first-order valence-corrected chi connectivity index (χ1v) is 6.48. The Balaban J connectivity index is 2.12. The quantitative estimate of drug-likeness (QED) is 0.846. The van der Waals surface area contributed by atoms with E-state index in [-0.39, 0.29) is 0 Å². The summed E-state index contributed by atoms with van der Waals surface area (Å²) in [7, 11) is 2.14. The third-order valence-corrected chi connectivity index (χ3v) is 4.36. The molecule has 0 saturated carbocycles. The number of hydrogen-bond acceptors (Lipinski definition) is 5. The summed E-state index contributed by atoms with van der Waals surface area (Å²) in [6.07, 6.45) is -0.404. The van der Waals surface area contributed by atoms with Gasteiger partial charge in [-0.15, -0.1) is 0 Å². The molecular formula is C11H19N3OS. The zero-order valence-corrected chi connectivity index (χ0v) is 10.9. The highest BCUT2D eigenvalue weighted by molar-refractivity contribution is 7.15. The Labute approximate surface area is 101 Å². The highest BCUT2D eigenvalue weighted by Crippen LogP contribution is 2.30. The molecule has 5 heteroatoms. The van der Waals surface area contributed by atoms with Crippen LogP contribution in [0, 0.1) is 6.92 Å². The Morgan fingerprint density at radius 2 is 1.94 bits per heavy atom. The average Bonchev–Trinajstić information content (AvgIpc) is 2.61. The van der Waals surface area contributed by atoms with Crippen LogP contribution < -0.4 is 4.90 Å². The van der Waals surface area contributed by atoms with Gasteiger partial charge in [0.25, 0.3) is 0 Å². The summed E-state index contributed by atoms with van der Waals surface area (Å²) in [6.45, 7) is 8.00. The van der Waals surface area contributed by atoms with E-state index in [2.05, 4.69) is 21.8 Å². The molecule has 0 radical (unpaired) electrons. The van der Waals surface area contributed by atoms with Crippen LogP contribution in [0.3, 0.4) is 0 Å². The van der Waals surface area contributed by atoms with E-state index in [1.54, 1.807) is 18.3 Å². The summed E-state index contributed by atoms with van der Waals surface area (Å²) in [4.78, 5) is 10.2. The summed E-state index contributed by atoms with van der Waals surface area (Å²) < 4.78 is 0. The van der Waals surface area contributed by atoms with E-state index in [4.69, 9.17) is 0 Å². The number of nitrogens with zero attached hydrogens (tertiary/aromatic N) is 3. The number of rotatable bonds is 2. The van der Waals surface area contributed by atoms with Crippen LogP contribution in [0.4, 0.5) is 5.13 Å². The summed E-state index contributed by atoms with van der Waals surface area (Å²) >= 11 is 1.62. The van der Waals surface area contributed by atoms with E-state index in [0.717, 1.165) is 41.9 Å². The number of likely N-dealkylation sites (N-methyl/N-ethyl adjacent to an activating group) is 1. The van der Waals surface area contributed by atoms with E-state index < -0.39 is 6.10 Å². The van der Waals surface area contributed by atoms with Gasteiger partial charge in [0.15, 0.2) is 5.13 Å². The molecule has 4 nitrogen and oxygen atoms in total. The minimum atomic E-state index is -0.404. The topological polar surface area (TPSA) is 39.6 Å². The predicted octanol–water partition coefficient (Wildman–Crippen LogP) is 1.26. The van der Waals surface area contributed by atoms with Crippen molar-refractivity contribution in [3.05, 3.63) is 10.6 Å². The van der Waals surface area contributed by atoms with Gasteiger partial charge in [0.05, 0.1) is 16.7 Å². The van der Waals surface area contributed by atoms with Gasteiger partial charge in [0.2, 0.25) is 0 Å². The standard InChI is InChI=1S/C11H19N3OS/c1-8-10(9(2)15)16-11(12-8)14-6-4-13(3)5-7-14/h9,15H,4-7H2,1-3H3. The molecule has 0 bridgehead atoms. The van der Waals surface area contributed by atoms with Crippen molar-refractivity contribution in [2.24, 2.45) is 0 Å². The molecule has 1 unspecified atom stereocenters. The van der Waals surface area contributed by atoms with E-state index in [1.807, 2.05) is 6.92 Å². The fourth-order valence-electron chi connectivity index (χ4n) is 1.91. The molecule has 1 aromatic heterocycles. The van der Waals surface area contributed by atoms with Crippen molar-refractivity contribution in [3.63, 3.8) is 0 Å². The first kappa shape index (κ1) is 11.8. The van der Waals surface area contributed by atoms with E-state index in [9.17, 15) is 5.11 Å². The lowest BCUT2D eigenvalue weighted by Gasteiger charge is -2.32. The molecule has 1 aromatic rings. The fraction of sp³-hybridized carbons (Fsp3) is 0.727. The predicted molar refractivity (Wildman–Crippen MR) is 67.2 cm³/mol. The van der Waals surface area contributed by atoms with Crippen molar-refractivity contribution < 1.29 is 5.11 Å². The van der Waals surface area contributed by atoms with Crippen molar-refractivity contribution >= 4 is 16.5 Å². The number of piperazine rings is 1. The van der Waals surface area contributed by atoms with E-state index in [1.165, 1.54) is 0 Å². The Kier molecular flexibility index (Phi) is 3.47. The second kappa shape index (κ2) is 4.69. The number of aryl methyl sites for hydroxylation is 1. The molecule has 1 saturated heterocycles. The number of thiazole rings is 1. The monoisotopic (exact) mass is 241 g/mol. The molecule has 2 heterocycles. The Morgan fingerprint density at radius 3 is 2.44 bits per heavy atom. The van der Waals surface area contributed by atoms with Gasteiger partial charge in [0, 0.05) is 26.2 Å². The van der Waals surface area contributed by atoms with Crippen LogP contribution in [-0.4, -0.2) is 48.2 Å². The normalized spacial score (nSPS) is 20.1. The van der Waals surface area contributed by atoms with Crippen molar-refractivity contribution in [1.29, 1.82) is 0 Å². The lowest BCUT2D eigenvalue weighted by atomic mass is 10.3. The van der Waals surface area contributed by atoms with Gasteiger partial charge in [-0.2, -0.15) is 0 Å². The summed E-state index contributed by atoms with van der Waals surface area (Å²) in [6, 6.07) is 0. The second-order valence-corrected chi connectivity index (χ2v) is 5.42. The third-order valence-electron chi connectivity index (χ3n) is 2.97. The molecule has 1 fully saturated rings. The van der Waals surface area contributed by atoms with Gasteiger partial charge in [-0.3, -0.25) is 0 Å². The third kappa shape index (κ3) is 2.36. The summed E-state index contributed by atoms with van der Waals surface area (Å²) in [5.41, 5.74) is 0.967. The first-order valence-electron chi connectivity index (χ1n) is 5.67. The first-order chi connectivity index (χ1) is 7.58. The minimum Gasteiger partial charge on any atom is -0.388 e.